The number of rotatable bonds is 5. The summed E-state index contributed by atoms with van der Waals surface area (Å²) < 4.78 is 5.18. The molecule has 0 fully saturated rings. The summed E-state index contributed by atoms with van der Waals surface area (Å²) in [5.74, 6) is 1.92. The van der Waals surface area contributed by atoms with Crippen molar-refractivity contribution < 1.29 is 9.32 Å². The number of nitrogens with zero attached hydrogens (tertiary/aromatic N) is 5. The molecule has 0 saturated carbocycles. The highest BCUT2D eigenvalue weighted by atomic mass is 16.5. The number of aromatic nitrogens is 4. The van der Waals surface area contributed by atoms with Crippen molar-refractivity contribution in [3.05, 3.63) is 35.0 Å². The first-order chi connectivity index (χ1) is 10.3. The Labute approximate surface area is 129 Å². The minimum Gasteiger partial charge on any atom is -0.339 e. The van der Waals surface area contributed by atoms with Crippen LogP contribution >= 0.6 is 0 Å². The van der Waals surface area contributed by atoms with Gasteiger partial charge in [0.25, 0.3) is 5.91 Å². The quantitative estimate of drug-likeness (QED) is 0.839. The van der Waals surface area contributed by atoms with Crippen molar-refractivity contribution in [2.24, 2.45) is 5.92 Å². The molecule has 7 nitrogen and oxygen atoms in total. The maximum absolute atomic E-state index is 12.4. The Hall–Kier alpha value is -2.31. The summed E-state index contributed by atoms with van der Waals surface area (Å²) in [6.45, 7) is 8.05. The van der Waals surface area contributed by atoms with Crippen LogP contribution in [-0.2, 0) is 13.0 Å². The van der Waals surface area contributed by atoms with Crippen LogP contribution in [0.25, 0.3) is 0 Å². The highest BCUT2D eigenvalue weighted by Crippen LogP contribution is 2.09. The Morgan fingerprint density at radius 1 is 1.27 bits per heavy atom. The fraction of sp³-hybridized carbons (Fsp3) is 0.533. The van der Waals surface area contributed by atoms with Gasteiger partial charge >= 0.3 is 0 Å². The Morgan fingerprint density at radius 3 is 2.64 bits per heavy atom. The maximum atomic E-state index is 12.4. The Kier molecular flexibility index (Phi) is 4.85. The van der Waals surface area contributed by atoms with Crippen molar-refractivity contribution >= 4 is 5.91 Å². The zero-order valence-corrected chi connectivity index (χ0v) is 13.6. The summed E-state index contributed by atoms with van der Waals surface area (Å²) >= 11 is 0. The highest BCUT2D eigenvalue weighted by molar-refractivity contribution is 5.92. The monoisotopic (exact) mass is 303 g/mol. The summed E-state index contributed by atoms with van der Waals surface area (Å²) in [4.78, 5) is 26.5. The van der Waals surface area contributed by atoms with Crippen LogP contribution in [0.5, 0.6) is 0 Å². The summed E-state index contributed by atoms with van der Waals surface area (Å²) in [5.41, 5.74) is 1.14. The first kappa shape index (κ1) is 16.1. The molecule has 22 heavy (non-hydrogen) atoms. The van der Waals surface area contributed by atoms with Crippen LogP contribution in [0.15, 0.2) is 10.6 Å². The predicted molar refractivity (Wildman–Crippen MR) is 80.1 cm³/mol. The van der Waals surface area contributed by atoms with Crippen LogP contribution in [0.3, 0.4) is 0 Å². The molecule has 2 aromatic heterocycles. The van der Waals surface area contributed by atoms with E-state index in [2.05, 4.69) is 34.0 Å². The van der Waals surface area contributed by atoms with Gasteiger partial charge in [-0.25, -0.2) is 9.97 Å². The zero-order valence-electron chi connectivity index (χ0n) is 13.6. The second-order valence-corrected chi connectivity index (χ2v) is 5.81. The van der Waals surface area contributed by atoms with Crippen LogP contribution in [0, 0.1) is 19.8 Å². The van der Waals surface area contributed by atoms with E-state index in [0.29, 0.717) is 29.2 Å². The molecule has 0 saturated heterocycles. The van der Waals surface area contributed by atoms with E-state index >= 15 is 0 Å². The molecular formula is C15H21N5O2. The maximum Gasteiger partial charge on any atom is 0.272 e. The number of hydrogen-bond donors (Lipinski definition) is 0. The third-order valence-electron chi connectivity index (χ3n) is 3.00. The van der Waals surface area contributed by atoms with Crippen LogP contribution in [0.2, 0.25) is 0 Å². The SMILES string of the molecule is Cc1cc(C(=O)N(C)Cc2noc(CC(C)C)n2)nc(C)n1. The molecule has 0 radical (unpaired) electrons. The Morgan fingerprint density at radius 2 is 2.00 bits per heavy atom. The van der Waals surface area contributed by atoms with E-state index in [1.165, 1.54) is 4.90 Å². The van der Waals surface area contributed by atoms with Crippen molar-refractivity contribution in [1.29, 1.82) is 0 Å². The summed E-state index contributed by atoms with van der Waals surface area (Å²) in [6, 6.07) is 1.67. The van der Waals surface area contributed by atoms with Gasteiger partial charge in [0.15, 0.2) is 5.82 Å². The van der Waals surface area contributed by atoms with Crippen molar-refractivity contribution in [2.45, 2.75) is 40.7 Å². The van der Waals surface area contributed by atoms with Crippen LogP contribution in [-0.4, -0.2) is 38.0 Å². The first-order valence-electron chi connectivity index (χ1n) is 7.24. The molecule has 0 atom stereocenters. The number of hydrogen-bond acceptors (Lipinski definition) is 6. The van der Waals surface area contributed by atoms with Gasteiger partial charge in [-0.15, -0.1) is 0 Å². The minimum absolute atomic E-state index is 0.191. The van der Waals surface area contributed by atoms with Crippen LogP contribution < -0.4 is 0 Å². The average molecular weight is 303 g/mol. The van der Waals surface area contributed by atoms with Crippen molar-refractivity contribution in [1.82, 2.24) is 25.0 Å². The molecule has 0 spiro atoms. The molecule has 7 heteroatoms. The van der Waals surface area contributed by atoms with Gasteiger partial charge in [0.05, 0.1) is 6.54 Å². The smallest absolute Gasteiger partial charge is 0.272 e. The summed E-state index contributed by atoms with van der Waals surface area (Å²) in [7, 11) is 1.69. The predicted octanol–water partition coefficient (Wildman–Crippen LogP) is 1.95. The van der Waals surface area contributed by atoms with Gasteiger partial charge in [0.1, 0.15) is 11.5 Å². The number of carbonyl (C=O) groups excluding carboxylic acids is 1. The second kappa shape index (κ2) is 6.64. The minimum atomic E-state index is -0.191. The van der Waals surface area contributed by atoms with E-state index in [0.717, 1.165) is 12.1 Å². The number of amides is 1. The van der Waals surface area contributed by atoms with E-state index in [-0.39, 0.29) is 12.5 Å². The highest BCUT2D eigenvalue weighted by Gasteiger charge is 2.17. The third-order valence-corrected chi connectivity index (χ3v) is 3.00. The molecule has 0 N–H and O–H groups in total. The molecule has 0 aliphatic carbocycles. The van der Waals surface area contributed by atoms with Gasteiger partial charge in [0, 0.05) is 19.2 Å². The third kappa shape index (κ3) is 4.09. The van der Waals surface area contributed by atoms with Gasteiger partial charge in [-0.1, -0.05) is 19.0 Å². The number of aryl methyl sites for hydroxylation is 2. The summed E-state index contributed by atoms with van der Waals surface area (Å²) in [6.07, 6.45) is 0.731. The molecule has 0 aliphatic rings. The van der Waals surface area contributed by atoms with Crippen molar-refractivity contribution in [2.75, 3.05) is 7.05 Å². The molecule has 0 bridgehead atoms. The van der Waals surface area contributed by atoms with E-state index in [1.807, 2.05) is 6.92 Å². The molecule has 2 aromatic rings. The van der Waals surface area contributed by atoms with Crippen LogP contribution in [0.1, 0.15) is 47.6 Å². The van der Waals surface area contributed by atoms with Gasteiger partial charge in [0.2, 0.25) is 5.89 Å². The van der Waals surface area contributed by atoms with E-state index < -0.39 is 0 Å². The van der Waals surface area contributed by atoms with E-state index in [9.17, 15) is 4.79 Å². The second-order valence-electron chi connectivity index (χ2n) is 5.81. The van der Waals surface area contributed by atoms with Gasteiger partial charge < -0.3 is 9.42 Å². The summed E-state index contributed by atoms with van der Waals surface area (Å²) in [5, 5.41) is 3.91. The van der Waals surface area contributed by atoms with Gasteiger partial charge in [-0.05, 0) is 25.8 Å². The Bertz CT molecular complexity index is 645. The molecule has 2 heterocycles. The average Bonchev–Trinajstić information content (AvgIpc) is 2.82. The van der Waals surface area contributed by atoms with Crippen molar-refractivity contribution in [3.8, 4) is 0 Å². The largest absolute Gasteiger partial charge is 0.339 e. The first-order valence-corrected chi connectivity index (χ1v) is 7.24. The molecule has 118 valence electrons. The molecule has 0 unspecified atom stereocenters. The Balaban J connectivity index is 2.06. The lowest BCUT2D eigenvalue weighted by molar-refractivity contribution is 0.0774. The normalized spacial score (nSPS) is 11.0. The molecular weight excluding hydrogens is 282 g/mol. The lowest BCUT2D eigenvalue weighted by atomic mass is 10.1. The lowest BCUT2D eigenvalue weighted by Gasteiger charge is -2.14. The zero-order chi connectivity index (χ0) is 16.3. The molecule has 2 rings (SSSR count). The van der Waals surface area contributed by atoms with Gasteiger partial charge in [-0.2, -0.15) is 4.98 Å². The van der Waals surface area contributed by atoms with E-state index in [1.54, 1.807) is 20.0 Å². The topological polar surface area (TPSA) is 85.0 Å². The molecule has 0 aliphatic heterocycles. The van der Waals surface area contributed by atoms with E-state index in [4.69, 9.17) is 4.52 Å². The molecule has 0 aromatic carbocycles. The number of carbonyl (C=O) groups is 1. The lowest BCUT2D eigenvalue weighted by Crippen LogP contribution is -2.28. The van der Waals surface area contributed by atoms with Crippen LogP contribution in [0.4, 0.5) is 0 Å². The molecule has 1 amide bonds. The van der Waals surface area contributed by atoms with Crippen molar-refractivity contribution in [3.63, 3.8) is 0 Å². The fourth-order valence-corrected chi connectivity index (χ4v) is 2.09. The standard InChI is InChI=1S/C15H21N5O2/c1-9(2)6-14-18-13(19-22-14)8-20(5)15(21)12-7-10(3)16-11(4)17-12/h7,9H,6,8H2,1-5H3. The fourth-order valence-electron chi connectivity index (χ4n) is 2.09. The van der Waals surface area contributed by atoms with Gasteiger partial charge in [-0.3, -0.25) is 4.79 Å².